The molecule has 0 fully saturated rings. The second kappa shape index (κ2) is 14.4. The maximum atomic E-state index is 13.3. The van der Waals surface area contributed by atoms with Crippen molar-refractivity contribution in [3.8, 4) is 35.0 Å². The zero-order valence-corrected chi connectivity index (χ0v) is 27.6. The summed E-state index contributed by atoms with van der Waals surface area (Å²) in [5, 5.41) is 43.9. The fourth-order valence-electron chi connectivity index (χ4n) is 5.14. The lowest BCUT2D eigenvalue weighted by Crippen LogP contribution is -2.26. The van der Waals surface area contributed by atoms with Gasteiger partial charge in [-0.2, -0.15) is 47.1 Å². The number of hydrogen-bond acceptors (Lipinski definition) is 9. The van der Waals surface area contributed by atoms with Crippen LogP contribution in [0.3, 0.4) is 0 Å². The predicted octanol–water partition coefficient (Wildman–Crippen LogP) is 7.05. The van der Waals surface area contributed by atoms with Crippen molar-refractivity contribution in [2.45, 2.75) is 12.4 Å². The van der Waals surface area contributed by atoms with Crippen LogP contribution in [0.25, 0.3) is 11.4 Å². The number of hydrogen-bond donors (Lipinski definition) is 2. The Morgan fingerprint density at radius 1 is 0.564 bits per heavy atom. The van der Waals surface area contributed by atoms with Gasteiger partial charge in [0.1, 0.15) is 35.0 Å². The molecule has 0 aliphatic carbocycles. The Bertz CT molecular complexity index is 2490. The molecule has 6 rings (SSSR count). The van der Waals surface area contributed by atoms with Gasteiger partial charge >= 0.3 is 12.4 Å². The molecule has 0 aliphatic heterocycles. The minimum Gasteiger partial charge on any atom is -0.457 e. The summed E-state index contributed by atoms with van der Waals surface area (Å²) in [5.41, 5.74) is -3.45. The summed E-state index contributed by atoms with van der Waals surface area (Å²) >= 11 is 0. The summed E-state index contributed by atoms with van der Waals surface area (Å²) in [4.78, 5) is 26.7. The highest BCUT2D eigenvalue weighted by atomic mass is 19.4. The van der Waals surface area contributed by atoms with Crippen LogP contribution in [0.5, 0.6) is 11.5 Å². The molecule has 2 heterocycles. The molecule has 0 atom stereocenters. The third-order valence-electron chi connectivity index (χ3n) is 7.96. The molecule has 0 spiro atoms. The molecule has 0 radical (unpaired) electrons. The normalized spacial score (nSPS) is 11.3. The number of ether oxygens (including phenoxy) is 1. The van der Waals surface area contributed by atoms with E-state index in [1.165, 1.54) is 48.5 Å². The Hall–Kier alpha value is -7.66. The smallest absolute Gasteiger partial charge is 0.416 e. The van der Waals surface area contributed by atoms with E-state index < -0.39 is 46.0 Å². The van der Waals surface area contributed by atoms with Gasteiger partial charge in [-0.05, 0) is 109 Å². The molecule has 0 amide bonds. The number of rotatable bonds is 8. The predicted molar refractivity (Wildman–Crippen MR) is 178 cm³/mol. The van der Waals surface area contributed by atoms with Gasteiger partial charge in [-0.1, -0.05) is 0 Å². The van der Waals surface area contributed by atoms with Crippen molar-refractivity contribution in [1.82, 2.24) is 19.6 Å². The fourth-order valence-corrected chi connectivity index (χ4v) is 5.14. The first-order valence-corrected chi connectivity index (χ1v) is 15.6. The van der Waals surface area contributed by atoms with Crippen LogP contribution in [0, 0.1) is 33.5 Å². The maximum absolute atomic E-state index is 13.3. The van der Waals surface area contributed by atoms with Gasteiger partial charge in [0.05, 0.1) is 33.6 Å². The highest BCUT2D eigenvalue weighted by Gasteiger charge is 2.31. The van der Waals surface area contributed by atoms with Crippen molar-refractivity contribution in [3.05, 3.63) is 165 Å². The minimum atomic E-state index is -4.60. The lowest BCUT2D eigenvalue weighted by atomic mass is 10.1. The first-order valence-electron chi connectivity index (χ1n) is 15.6. The molecule has 0 unspecified atom stereocenters. The van der Waals surface area contributed by atoms with Crippen LogP contribution in [0.15, 0.2) is 109 Å². The number of benzene rings is 4. The van der Waals surface area contributed by atoms with Gasteiger partial charge < -0.3 is 4.74 Å². The Labute approximate surface area is 305 Å². The molecule has 6 aromatic rings. The number of aromatic nitrogens is 4. The first-order chi connectivity index (χ1) is 26.1. The second-order valence-corrected chi connectivity index (χ2v) is 11.5. The van der Waals surface area contributed by atoms with E-state index >= 15 is 0 Å². The zero-order valence-electron chi connectivity index (χ0n) is 27.6. The third kappa shape index (κ3) is 7.76. The van der Waals surface area contributed by atoms with Crippen molar-refractivity contribution in [1.29, 1.82) is 21.3 Å². The van der Waals surface area contributed by atoms with Crippen LogP contribution in [0.2, 0.25) is 0 Å². The fraction of sp³-hybridized carbons (Fsp3) is 0.0526. The van der Waals surface area contributed by atoms with E-state index in [0.29, 0.717) is 0 Å². The van der Waals surface area contributed by atoms with Crippen LogP contribution in [0.4, 0.5) is 26.3 Å². The Kier molecular flexibility index (Phi) is 9.71. The molecule has 11 nitrogen and oxygen atoms in total. The average Bonchev–Trinajstić information content (AvgIpc) is 3.17. The summed E-state index contributed by atoms with van der Waals surface area (Å²) < 4.78 is 85.9. The number of nitrogens with zero attached hydrogens (tertiary/aromatic N) is 6. The molecule has 17 heteroatoms. The van der Waals surface area contributed by atoms with Gasteiger partial charge in [-0.15, -0.1) is 0 Å². The van der Waals surface area contributed by atoms with Crippen molar-refractivity contribution in [3.63, 3.8) is 0 Å². The molecule has 272 valence electrons. The summed E-state index contributed by atoms with van der Waals surface area (Å²) in [7, 11) is 0. The van der Waals surface area contributed by atoms with E-state index in [4.69, 9.17) is 15.6 Å². The van der Waals surface area contributed by atoms with Crippen LogP contribution in [-0.4, -0.2) is 31.1 Å². The van der Waals surface area contributed by atoms with E-state index in [1.54, 1.807) is 12.1 Å². The van der Waals surface area contributed by atoms with E-state index in [0.717, 1.165) is 70.0 Å². The zero-order chi connectivity index (χ0) is 39.7. The molecular formula is C38H20F6N8O3. The van der Waals surface area contributed by atoms with E-state index in [-0.39, 0.29) is 56.5 Å². The third-order valence-corrected chi connectivity index (χ3v) is 7.96. The molecule has 2 N–H and O–H groups in total. The average molecular weight is 751 g/mol. The molecular weight excluding hydrogens is 730 g/mol. The summed E-state index contributed by atoms with van der Waals surface area (Å²) in [6.45, 7) is 0. The molecule has 2 aromatic heterocycles. The van der Waals surface area contributed by atoms with E-state index in [2.05, 4.69) is 10.2 Å². The number of nitriles is 2. The van der Waals surface area contributed by atoms with Gasteiger partial charge in [0.25, 0.3) is 0 Å². The maximum Gasteiger partial charge on any atom is 0.416 e. The molecule has 0 saturated heterocycles. The number of nitrogens with one attached hydrogen (secondary N) is 2. The van der Waals surface area contributed by atoms with Crippen LogP contribution in [-0.2, 0) is 12.4 Å². The number of carbonyl (C=O) groups excluding carboxylic acids is 2. The number of halogens is 6. The Balaban J connectivity index is 1.19. The number of alkyl halides is 6. The largest absolute Gasteiger partial charge is 0.457 e. The SMILES string of the molecule is N#Cc1cc(C(=O)c2ccc(Oc3ccc(C(=O)c4cc(C#N)c(=N)n(-c5ccc(C(F)(F)F)cc5)n4)cc3)cc2)nn(-c2ccc(C(F)(F)F)cc2)c1=N. The van der Waals surface area contributed by atoms with Gasteiger partial charge in [0.15, 0.2) is 11.0 Å². The lowest BCUT2D eigenvalue weighted by Gasteiger charge is -2.12. The first kappa shape index (κ1) is 37.1. The van der Waals surface area contributed by atoms with Crippen LogP contribution >= 0.6 is 0 Å². The second-order valence-electron chi connectivity index (χ2n) is 11.5. The summed E-state index contributed by atoms with van der Waals surface area (Å²) in [6.07, 6.45) is -9.19. The van der Waals surface area contributed by atoms with Crippen LogP contribution in [0.1, 0.15) is 54.4 Å². The minimum absolute atomic E-state index is 0.0244. The standard InChI is InChI=1S/C38H20F6N8O3/c39-37(40,41)25-5-9-27(10-6-25)51-35(47)23(19-45)17-31(49-51)33(53)21-1-13-29(14-2-21)55-30-15-3-22(4-16-30)34(54)32-18-24(20-46)36(48)52(50-32)28-11-7-26(8-12-28)38(42,43)44/h1-18,47-48H. The highest BCUT2D eigenvalue weighted by molar-refractivity contribution is 6.08. The van der Waals surface area contributed by atoms with Crippen molar-refractivity contribution < 1.29 is 40.7 Å². The van der Waals surface area contributed by atoms with Gasteiger partial charge in [-0.25, -0.2) is 9.36 Å². The summed E-state index contributed by atoms with van der Waals surface area (Å²) in [6, 6.07) is 24.6. The molecule has 0 aliphatic rings. The Morgan fingerprint density at radius 3 is 1.18 bits per heavy atom. The topological polar surface area (TPSA) is 174 Å². The molecule has 0 bridgehead atoms. The monoisotopic (exact) mass is 750 g/mol. The van der Waals surface area contributed by atoms with Gasteiger partial charge in [-0.3, -0.25) is 20.4 Å². The highest BCUT2D eigenvalue weighted by Crippen LogP contribution is 2.31. The lowest BCUT2D eigenvalue weighted by molar-refractivity contribution is -0.138. The van der Waals surface area contributed by atoms with Crippen LogP contribution < -0.4 is 15.7 Å². The van der Waals surface area contributed by atoms with Crippen molar-refractivity contribution in [2.24, 2.45) is 0 Å². The molecule has 0 saturated carbocycles. The van der Waals surface area contributed by atoms with Gasteiger partial charge in [0, 0.05) is 11.1 Å². The number of ketones is 2. The van der Waals surface area contributed by atoms with E-state index in [9.17, 15) is 46.5 Å². The quantitative estimate of drug-likeness (QED) is 0.124. The van der Waals surface area contributed by atoms with Crippen molar-refractivity contribution >= 4 is 11.6 Å². The Morgan fingerprint density at radius 2 is 0.891 bits per heavy atom. The van der Waals surface area contributed by atoms with Gasteiger partial charge in [0.2, 0.25) is 11.6 Å². The molecule has 4 aromatic carbocycles. The number of carbonyl (C=O) groups is 2. The van der Waals surface area contributed by atoms with Crippen molar-refractivity contribution in [2.75, 3.05) is 0 Å². The molecule has 55 heavy (non-hydrogen) atoms. The van der Waals surface area contributed by atoms with E-state index in [1.807, 2.05) is 0 Å². The summed E-state index contributed by atoms with van der Waals surface area (Å²) in [5.74, 6) is -0.770.